The number of benzene rings is 1. The molecule has 3 amide bonds. The first-order valence-corrected chi connectivity index (χ1v) is 13.6. The molecule has 3 N–H and O–H groups in total. The lowest BCUT2D eigenvalue weighted by Crippen LogP contribution is -2.53. The van der Waals surface area contributed by atoms with Crippen LogP contribution < -0.4 is 10.6 Å². The fourth-order valence-electron chi connectivity index (χ4n) is 5.86. The van der Waals surface area contributed by atoms with E-state index in [1.54, 1.807) is 17.4 Å². The molecule has 1 saturated heterocycles. The maximum absolute atomic E-state index is 13.7. The van der Waals surface area contributed by atoms with Crippen LogP contribution >= 0.6 is 0 Å². The normalized spacial score (nSPS) is 18.6. The van der Waals surface area contributed by atoms with Gasteiger partial charge < -0.3 is 25.3 Å². The molecule has 200 valence electrons. The smallest absolute Gasteiger partial charge is 0.315 e. The lowest BCUT2D eigenvalue weighted by molar-refractivity contribution is -0.166. The molecule has 1 saturated carbocycles. The highest BCUT2D eigenvalue weighted by Crippen LogP contribution is 2.47. The standard InChI is InChI=1S/C28H39N5O4/c1-2-37-26(35)28(22-11-7-4-8-12-22)14-17-33(18-15-28)25(34)24(21-9-5-3-6-10-21)32-27(36)30-16-13-23-19-29-20-31-23/h3,5-6,9-10,19-20,22,24H,2,4,7-8,11-18H2,1H3,(H,29,31)(H2,30,32,36). The Labute approximate surface area is 218 Å². The molecule has 37 heavy (non-hydrogen) atoms. The number of hydrogen-bond acceptors (Lipinski definition) is 5. The predicted molar refractivity (Wildman–Crippen MR) is 139 cm³/mol. The van der Waals surface area contributed by atoms with Crippen LogP contribution in [0.5, 0.6) is 0 Å². The number of hydrogen-bond donors (Lipinski definition) is 3. The minimum Gasteiger partial charge on any atom is -0.466 e. The van der Waals surface area contributed by atoms with E-state index in [1.165, 1.54) is 6.42 Å². The summed E-state index contributed by atoms with van der Waals surface area (Å²) in [6.07, 6.45) is 10.8. The van der Waals surface area contributed by atoms with Crippen molar-refractivity contribution in [2.45, 2.75) is 64.3 Å². The van der Waals surface area contributed by atoms with Crippen molar-refractivity contribution in [2.75, 3.05) is 26.2 Å². The van der Waals surface area contributed by atoms with Gasteiger partial charge in [-0.05, 0) is 44.1 Å². The van der Waals surface area contributed by atoms with Crippen LogP contribution in [-0.4, -0.2) is 59.0 Å². The minimum atomic E-state index is -0.809. The number of carbonyl (C=O) groups is 3. The molecule has 1 aliphatic carbocycles. The van der Waals surface area contributed by atoms with Crippen molar-refractivity contribution in [3.8, 4) is 0 Å². The summed E-state index contributed by atoms with van der Waals surface area (Å²) in [5.74, 6) is 0.0404. The SMILES string of the molecule is CCOC(=O)C1(C2CCCCC2)CCN(C(=O)C(NC(=O)NCCc2c[nH]cn2)c2ccccc2)CC1. The number of ether oxygens (including phenoxy) is 1. The number of piperidine rings is 1. The molecule has 0 spiro atoms. The molecular formula is C28H39N5O4. The first-order valence-electron chi connectivity index (χ1n) is 13.6. The average Bonchev–Trinajstić information content (AvgIpc) is 3.46. The van der Waals surface area contributed by atoms with Crippen molar-refractivity contribution in [2.24, 2.45) is 11.3 Å². The quantitative estimate of drug-likeness (QED) is 0.445. The highest BCUT2D eigenvalue weighted by molar-refractivity contribution is 5.88. The van der Waals surface area contributed by atoms with Gasteiger partial charge in [-0.3, -0.25) is 9.59 Å². The van der Waals surface area contributed by atoms with Gasteiger partial charge in [-0.2, -0.15) is 0 Å². The molecule has 0 radical (unpaired) electrons. The number of aromatic amines is 1. The Hall–Kier alpha value is -3.36. The van der Waals surface area contributed by atoms with Gasteiger partial charge in [0.2, 0.25) is 5.91 Å². The molecule has 1 atom stereocenters. The fourth-order valence-corrected chi connectivity index (χ4v) is 5.86. The van der Waals surface area contributed by atoms with Crippen LogP contribution in [0.3, 0.4) is 0 Å². The van der Waals surface area contributed by atoms with Crippen molar-refractivity contribution in [3.05, 3.63) is 54.1 Å². The molecule has 2 aliphatic rings. The highest BCUT2D eigenvalue weighted by atomic mass is 16.5. The number of amides is 3. The lowest BCUT2D eigenvalue weighted by atomic mass is 9.63. The number of urea groups is 1. The molecule has 1 aromatic carbocycles. The van der Waals surface area contributed by atoms with E-state index in [0.29, 0.717) is 51.4 Å². The predicted octanol–water partition coefficient (Wildman–Crippen LogP) is 3.74. The van der Waals surface area contributed by atoms with E-state index < -0.39 is 17.5 Å². The molecular weight excluding hydrogens is 470 g/mol. The Morgan fingerprint density at radius 1 is 1.14 bits per heavy atom. The van der Waals surface area contributed by atoms with Crippen molar-refractivity contribution in [1.29, 1.82) is 0 Å². The molecule has 9 nitrogen and oxygen atoms in total. The Morgan fingerprint density at radius 2 is 1.86 bits per heavy atom. The molecule has 9 heteroatoms. The molecule has 2 aromatic rings. The van der Waals surface area contributed by atoms with Gasteiger partial charge in [-0.15, -0.1) is 0 Å². The Bertz CT molecular complexity index is 1010. The van der Waals surface area contributed by atoms with Crippen LogP contribution in [0.15, 0.2) is 42.9 Å². The zero-order valence-corrected chi connectivity index (χ0v) is 21.7. The minimum absolute atomic E-state index is 0.108. The van der Waals surface area contributed by atoms with Gasteiger partial charge in [0.1, 0.15) is 6.04 Å². The summed E-state index contributed by atoms with van der Waals surface area (Å²) < 4.78 is 5.55. The number of imidazole rings is 1. The first kappa shape index (κ1) is 26.7. The van der Waals surface area contributed by atoms with Crippen LogP contribution in [0.1, 0.15) is 69.2 Å². The summed E-state index contributed by atoms with van der Waals surface area (Å²) in [7, 11) is 0. The molecule has 1 unspecified atom stereocenters. The van der Waals surface area contributed by atoms with Gasteiger partial charge in [0.25, 0.3) is 0 Å². The monoisotopic (exact) mass is 509 g/mol. The van der Waals surface area contributed by atoms with Crippen LogP contribution in [0.25, 0.3) is 0 Å². The molecule has 1 aliphatic heterocycles. The van der Waals surface area contributed by atoms with Crippen molar-refractivity contribution in [3.63, 3.8) is 0 Å². The van der Waals surface area contributed by atoms with Gasteiger partial charge in [-0.25, -0.2) is 9.78 Å². The molecule has 1 aromatic heterocycles. The Balaban J connectivity index is 1.42. The maximum Gasteiger partial charge on any atom is 0.315 e. The number of esters is 1. The lowest BCUT2D eigenvalue weighted by Gasteiger charge is -2.46. The third-order valence-corrected chi connectivity index (χ3v) is 7.91. The number of rotatable bonds is 9. The van der Waals surface area contributed by atoms with Crippen LogP contribution in [-0.2, 0) is 20.7 Å². The van der Waals surface area contributed by atoms with Crippen molar-refractivity contribution >= 4 is 17.9 Å². The second kappa shape index (κ2) is 12.7. The number of nitrogens with one attached hydrogen (secondary N) is 3. The Morgan fingerprint density at radius 3 is 2.51 bits per heavy atom. The van der Waals surface area contributed by atoms with Gasteiger partial charge in [-0.1, -0.05) is 49.6 Å². The first-order chi connectivity index (χ1) is 18.0. The Kier molecular flexibility index (Phi) is 9.19. The zero-order valence-electron chi connectivity index (χ0n) is 21.7. The summed E-state index contributed by atoms with van der Waals surface area (Å²) in [5, 5.41) is 5.70. The number of carbonyl (C=O) groups excluding carboxylic acids is 3. The summed E-state index contributed by atoms with van der Waals surface area (Å²) in [4.78, 5) is 48.5. The van der Waals surface area contributed by atoms with E-state index in [9.17, 15) is 14.4 Å². The number of nitrogens with zero attached hydrogens (tertiary/aromatic N) is 2. The second-order valence-electron chi connectivity index (χ2n) is 10.1. The van der Waals surface area contributed by atoms with Crippen LogP contribution in [0.4, 0.5) is 4.79 Å². The summed E-state index contributed by atoms with van der Waals surface area (Å²) >= 11 is 0. The van der Waals surface area contributed by atoms with E-state index in [4.69, 9.17) is 4.74 Å². The summed E-state index contributed by atoms with van der Waals surface area (Å²) in [5.41, 5.74) is 1.06. The fraction of sp³-hybridized carbons (Fsp3) is 0.571. The van der Waals surface area contributed by atoms with Crippen molar-refractivity contribution < 1.29 is 19.1 Å². The maximum atomic E-state index is 13.7. The second-order valence-corrected chi connectivity index (χ2v) is 10.1. The molecule has 2 heterocycles. The number of aromatic nitrogens is 2. The summed E-state index contributed by atoms with van der Waals surface area (Å²) in [6, 6.07) is 8.08. The van der Waals surface area contributed by atoms with E-state index in [2.05, 4.69) is 20.6 Å². The van der Waals surface area contributed by atoms with Crippen LogP contribution in [0, 0.1) is 11.3 Å². The third-order valence-electron chi connectivity index (χ3n) is 7.91. The topological polar surface area (TPSA) is 116 Å². The molecule has 4 rings (SSSR count). The van der Waals surface area contributed by atoms with Crippen molar-refractivity contribution in [1.82, 2.24) is 25.5 Å². The molecule has 2 fully saturated rings. The van der Waals surface area contributed by atoms with E-state index in [1.807, 2.05) is 37.3 Å². The average molecular weight is 510 g/mol. The number of H-pyrrole nitrogens is 1. The van der Waals surface area contributed by atoms with Gasteiger partial charge in [0.05, 0.1) is 24.0 Å². The number of likely N-dealkylation sites (tertiary alicyclic amines) is 1. The molecule has 0 bridgehead atoms. The highest BCUT2D eigenvalue weighted by Gasteiger charge is 2.49. The van der Waals surface area contributed by atoms with Gasteiger partial charge in [0, 0.05) is 32.3 Å². The summed E-state index contributed by atoms with van der Waals surface area (Å²) in [6.45, 7) is 3.56. The van der Waals surface area contributed by atoms with E-state index in [0.717, 1.165) is 36.9 Å². The zero-order chi connectivity index (χ0) is 26.1. The van der Waals surface area contributed by atoms with E-state index >= 15 is 0 Å². The van der Waals surface area contributed by atoms with Crippen LogP contribution in [0.2, 0.25) is 0 Å². The van der Waals surface area contributed by atoms with Gasteiger partial charge >= 0.3 is 12.0 Å². The largest absolute Gasteiger partial charge is 0.466 e. The third kappa shape index (κ3) is 6.50. The van der Waals surface area contributed by atoms with Gasteiger partial charge in [0.15, 0.2) is 0 Å². The van der Waals surface area contributed by atoms with E-state index in [-0.39, 0.29) is 11.9 Å².